The first-order valence-electron chi connectivity index (χ1n) is 7.66. The number of nitrogens with one attached hydrogen (secondary N) is 1. The molecule has 3 atom stereocenters. The van der Waals surface area contributed by atoms with Crippen LogP contribution in [0.2, 0.25) is 0 Å². The number of methoxy groups -OCH3 is 1. The largest absolute Gasteiger partial charge is 0.381 e. The number of likely N-dealkylation sites (N-methyl/N-ethyl adjacent to an activating group) is 1. The average Bonchev–Trinajstić information content (AvgIpc) is 2.45. The normalized spacial score (nSPS) is 30.2. The molecule has 4 nitrogen and oxygen atoms in total. The van der Waals surface area contributed by atoms with Crippen LogP contribution in [0, 0.1) is 5.92 Å². The first kappa shape index (κ1) is 15.2. The monoisotopic (exact) mass is 271 g/mol. The van der Waals surface area contributed by atoms with Gasteiger partial charge >= 0.3 is 0 Å². The summed E-state index contributed by atoms with van der Waals surface area (Å²) in [4.78, 5) is 0. The smallest absolute Gasteiger partial charge is 0.0729 e. The van der Waals surface area contributed by atoms with Crippen LogP contribution in [-0.4, -0.2) is 51.7 Å². The fraction of sp³-hybridized carbons (Fsp3) is 1.00. The quantitative estimate of drug-likeness (QED) is 0.830. The third-order valence-corrected chi connectivity index (χ3v) is 4.88. The van der Waals surface area contributed by atoms with Crippen molar-refractivity contribution in [3.63, 3.8) is 0 Å². The highest BCUT2D eigenvalue weighted by Crippen LogP contribution is 2.39. The molecule has 3 unspecified atom stereocenters. The first-order chi connectivity index (χ1) is 9.24. The van der Waals surface area contributed by atoms with Crippen LogP contribution in [0.3, 0.4) is 0 Å². The van der Waals surface area contributed by atoms with Crippen LogP contribution in [0.15, 0.2) is 0 Å². The number of hydrogen-bond acceptors (Lipinski definition) is 4. The molecule has 0 aliphatic carbocycles. The summed E-state index contributed by atoms with van der Waals surface area (Å²) in [6.45, 7) is 4.77. The maximum absolute atomic E-state index is 6.13. The Morgan fingerprint density at radius 3 is 2.63 bits per heavy atom. The molecule has 19 heavy (non-hydrogen) atoms. The van der Waals surface area contributed by atoms with Crippen LogP contribution in [0.4, 0.5) is 0 Å². The molecule has 2 fully saturated rings. The first-order valence-corrected chi connectivity index (χ1v) is 7.66. The summed E-state index contributed by atoms with van der Waals surface area (Å²) in [6, 6.07) is 0.429. The molecule has 1 N–H and O–H groups in total. The van der Waals surface area contributed by atoms with Crippen molar-refractivity contribution in [3.8, 4) is 0 Å². The Balaban J connectivity index is 2.02. The van der Waals surface area contributed by atoms with Gasteiger partial charge in [0.1, 0.15) is 0 Å². The van der Waals surface area contributed by atoms with E-state index in [4.69, 9.17) is 14.2 Å². The van der Waals surface area contributed by atoms with Gasteiger partial charge in [-0.3, -0.25) is 0 Å². The van der Waals surface area contributed by atoms with E-state index in [9.17, 15) is 0 Å². The molecule has 0 amide bonds. The Labute approximate surface area is 117 Å². The maximum Gasteiger partial charge on any atom is 0.0729 e. The van der Waals surface area contributed by atoms with Crippen molar-refractivity contribution < 1.29 is 14.2 Å². The van der Waals surface area contributed by atoms with Crippen LogP contribution >= 0.6 is 0 Å². The third kappa shape index (κ3) is 3.48. The summed E-state index contributed by atoms with van der Waals surface area (Å²) in [6.07, 6.45) is 5.71. The standard InChI is InChI=1S/C15H29NO3/c1-4-13(17-3)14(16-2)12-5-8-19-15(11-12)6-9-18-10-7-15/h12-14,16H,4-11H2,1-3H3. The average molecular weight is 271 g/mol. The lowest BCUT2D eigenvalue weighted by molar-refractivity contribution is -0.154. The van der Waals surface area contributed by atoms with E-state index < -0.39 is 0 Å². The molecule has 0 radical (unpaired) electrons. The van der Waals surface area contributed by atoms with E-state index in [1.54, 1.807) is 0 Å². The van der Waals surface area contributed by atoms with Crippen molar-refractivity contribution in [3.05, 3.63) is 0 Å². The zero-order valence-electron chi connectivity index (χ0n) is 12.6. The van der Waals surface area contributed by atoms with Gasteiger partial charge in [-0.1, -0.05) is 6.92 Å². The Bertz CT molecular complexity index is 257. The maximum atomic E-state index is 6.13. The predicted octanol–water partition coefficient (Wildman–Crippen LogP) is 1.98. The van der Waals surface area contributed by atoms with E-state index in [1.165, 1.54) is 0 Å². The van der Waals surface area contributed by atoms with E-state index in [2.05, 4.69) is 19.3 Å². The highest BCUT2D eigenvalue weighted by atomic mass is 16.5. The Morgan fingerprint density at radius 2 is 2.05 bits per heavy atom. The molecule has 112 valence electrons. The van der Waals surface area contributed by atoms with Gasteiger partial charge in [0, 0.05) is 33.0 Å². The second kappa shape index (κ2) is 7.02. The van der Waals surface area contributed by atoms with Crippen molar-refractivity contribution in [1.82, 2.24) is 5.32 Å². The molecule has 2 aliphatic heterocycles. The lowest BCUT2D eigenvalue weighted by Gasteiger charge is -2.46. The van der Waals surface area contributed by atoms with Gasteiger partial charge in [-0.25, -0.2) is 0 Å². The summed E-state index contributed by atoms with van der Waals surface area (Å²) < 4.78 is 17.3. The molecule has 4 heteroatoms. The molecule has 2 aliphatic rings. The highest BCUT2D eigenvalue weighted by molar-refractivity contribution is 4.94. The minimum atomic E-state index is 0.0717. The molecule has 0 aromatic carbocycles. The fourth-order valence-corrected chi connectivity index (χ4v) is 3.76. The van der Waals surface area contributed by atoms with Crippen LogP contribution < -0.4 is 5.32 Å². The Kier molecular flexibility index (Phi) is 5.63. The number of hydrogen-bond donors (Lipinski definition) is 1. The highest BCUT2D eigenvalue weighted by Gasteiger charge is 2.42. The molecular formula is C15H29NO3. The number of ether oxygens (including phenoxy) is 3. The van der Waals surface area contributed by atoms with Crippen LogP contribution in [0.25, 0.3) is 0 Å². The van der Waals surface area contributed by atoms with E-state index in [1.807, 2.05) is 7.11 Å². The van der Waals surface area contributed by atoms with Gasteiger partial charge < -0.3 is 19.5 Å². The zero-order chi connectivity index (χ0) is 13.7. The van der Waals surface area contributed by atoms with Crippen molar-refractivity contribution in [2.75, 3.05) is 34.0 Å². The minimum absolute atomic E-state index is 0.0717. The van der Waals surface area contributed by atoms with E-state index in [0.717, 1.165) is 51.9 Å². The van der Waals surface area contributed by atoms with Gasteiger partial charge in [-0.05, 0) is 45.1 Å². The molecule has 2 rings (SSSR count). The van der Waals surface area contributed by atoms with Crippen LogP contribution in [-0.2, 0) is 14.2 Å². The molecular weight excluding hydrogens is 242 g/mol. The van der Waals surface area contributed by atoms with Gasteiger partial charge in [0.05, 0.1) is 11.7 Å². The Morgan fingerprint density at radius 1 is 1.32 bits per heavy atom. The second-order valence-corrected chi connectivity index (χ2v) is 5.89. The summed E-state index contributed by atoms with van der Waals surface area (Å²) in [5.41, 5.74) is 0.0717. The molecule has 0 aromatic rings. The lowest BCUT2D eigenvalue weighted by Crippen LogP contribution is -2.52. The van der Waals surface area contributed by atoms with Crippen molar-refractivity contribution in [2.24, 2.45) is 5.92 Å². The molecule has 0 saturated carbocycles. The Hall–Kier alpha value is -0.160. The fourth-order valence-electron chi connectivity index (χ4n) is 3.76. The summed E-state index contributed by atoms with van der Waals surface area (Å²) in [5.74, 6) is 0.641. The van der Waals surface area contributed by atoms with Crippen molar-refractivity contribution in [2.45, 2.75) is 56.8 Å². The second-order valence-electron chi connectivity index (χ2n) is 5.89. The van der Waals surface area contributed by atoms with E-state index >= 15 is 0 Å². The summed E-state index contributed by atoms with van der Waals surface area (Å²) >= 11 is 0. The minimum Gasteiger partial charge on any atom is -0.381 e. The zero-order valence-corrected chi connectivity index (χ0v) is 12.6. The SMILES string of the molecule is CCC(OC)C(NC)C1CCOC2(CCOCC2)C1. The van der Waals surface area contributed by atoms with Crippen molar-refractivity contribution >= 4 is 0 Å². The van der Waals surface area contributed by atoms with E-state index in [0.29, 0.717) is 18.1 Å². The van der Waals surface area contributed by atoms with Gasteiger partial charge in [0.15, 0.2) is 0 Å². The lowest BCUT2D eigenvalue weighted by atomic mass is 9.76. The van der Waals surface area contributed by atoms with E-state index in [-0.39, 0.29) is 5.60 Å². The molecule has 0 bridgehead atoms. The summed E-state index contributed by atoms with van der Waals surface area (Å²) in [5, 5.41) is 3.48. The molecule has 0 aromatic heterocycles. The molecule has 2 heterocycles. The van der Waals surface area contributed by atoms with Gasteiger partial charge in [0.2, 0.25) is 0 Å². The number of rotatable bonds is 5. The van der Waals surface area contributed by atoms with Crippen molar-refractivity contribution in [1.29, 1.82) is 0 Å². The van der Waals surface area contributed by atoms with Crippen LogP contribution in [0.1, 0.15) is 39.0 Å². The topological polar surface area (TPSA) is 39.7 Å². The van der Waals surface area contributed by atoms with Gasteiger partial charge in [-0.2, -0.15) is 0 Å². The summed E-state index contributed by atoms with van der Waals surface area (Å²) in [7, 11) is 3.88. The molecule has 1 spiro atoms. The van der Waals surface area contributed by atoms with Crippen LogP contribution in [0.5, 0.6) is 0 Å². The molecule has 2 saturated heterocycles. The van der Waals surface area contributed by atoms with Gasteiger partial charge in [0.25, 0.3) is 0 Å². The third-order valence-electron chi connectivity index (χ3n) is 4.88. The van der Waals surface area contributed by atoms with Gasteiger partial charge in [-0.15, -0.1) is 0 Å². The predicted molar refractivity (Wildman–Crippen MR) is 75.4 cm³/mol.